The minimum absolute atomic E-state index is 0.148. The van der Waals surface area contributed by atoms with Crippen LogP contribution < -0.4 is 10.6 Å². The van der Waals surface area contributed by atoms with E-state index in [1.54, 1.807) is 6.20 Å². The summed E-state index contributed by atoms with van der Waals surface area (Å²) in [5, 5.41) is 11.7. The Balaban J connectivity index is 1.32. The lowest BCUT2D eigenvalue weighted by Crippen LogP contribution is -2.33. The van der Waals surface area contributed by atoms with Crippen molar-refractivity contribution in [3.05, 3.63) is 23.1 Å². The quantitative estimate of drug-likeness (QED) is 0.561. The molecule has 0 bridgehead atoms. The van der Waals surface area contributed by atoms with E-state index >= 15 is 0 Å². The van der Waals surface area contributed by atoms with Crippen molar-refractivity contribution in [1.82, 2.24) is 29.5 Å². The van der Waals surface area contributed by atoms with E-state index in [0.29, 0.717) is 62.1 Å². The minimum Gasteiger partial charge on any atom is -0.379 e. The topological polar surface area (TPSA) is 100 Å². The Morgan fingerprint density at radius 3 is 2.88 bits per heavy atom. The molecule has 2 N–H and O–H groups in total. The number of halogens is 1. The molecule has 10 nitrogen and oxygen atoms in total. The number of nitrogens with one attached hydrogen (secondary N) is 2. The van der Waals surface area contributed by atoms with Gasteiger partial charge in [-0.1, -0.05) is 11.6 Å². The highest BCUT2D eigenvalue weighted by atomic mass is 35.5. The number of piperidine rings is 1. The zero-order chi connectivity index (χ0) is 23.2. The summed E-state index contributed by atoms with van der Waals surface area (Å²) in [7, 11) is 2.16. The second-order valence-electron chi connectivity index (χ2n) is 8.68. The van der Waals surface area contributed by atoms with Gasteiger partial charge in [-0.3, -0.25) is 9.48 Å². The van der Waals surface area contributed by atoms with Crippen molar-refractivity contribution in [2.45, 2.75) is 38.6 Å². The van der Waals surface area contributed by atoms with Crippen LogP contribution in [0.25, 0.3) is 0 Å². The first-order chi connectivity index (χ1) is 16.0. The lowest BCUT2D eigenvalue weighted by atomic mass is 10.1. The summed E-state index contributed by atoms with van der Waals surface area (Å²) in [6.45, 7) is 7.23. The molecule has 2 aromatic heterocycles. The molecule has 11 heteroatoms. The van der Waals surface area contributed by atoms with Crippen molar-refractivity contribution >= 4 is 35.0 Å². The summed E-state index contributed by atoms with van der Waals surface area (Å²) < 4.78 is 7.43. The molecule has 0 radical (unpaired) electrons. The van der Waals surface area contributed by atoms with Crippen LogP contribution in [0, 0.1) is 6.92 Å². The van der Waals surface area contributed by atoms with E-state index in [1.165, 1.54) is 0 Å². The van der Waals surface area contributed by atoms with Crippen LogP contribution in [0.2, 0.25) is 5.02 Å². The number of aromatic nitrogens is 4. The molecule has 2 saturated heterocycles. The molecule has 2 fully saturated rings. The van der Waals surface area contributed by atoms with Crippen LogP contribution in [0.15, 0.2) is 12.4 Å². The van der Waals surface area contributed by atoms with Crippen molar-refractivity contribution < 1.29 is 9.53 Å². The maximum absolute atomic E-state index is 12.1. The van der Waals surface area contributed by atoms with Gasteiger partial charge < -0.3 is 25.2 Å². The predicted molar refractivity (Wildman–Crippen MR) is 128 cm³/mol. The van der Waals surface area contributed by atoms with Gasteiger partial charge in [-0.15, -0.1) is 0 Å². The van der Waals surface area contributed by atoms with Crippen LogP contribution in [0.4, 0.5) is 17.5 Å². The average molecular weight is 477 g/mol. The molecule has 0 aromatic carbocycles. The summed E-state index contributed by atoms with van der Waals surface area (Å²) in [5.41, 5.74) is 1.80. The average Bonchev–Trinajstić information content (AvgIpc) is 3.03. The van der Waals surface area contributed by atoms with Gasteiger partial charge in [-0.05, 0) is 46.3 Å². The summed E-state index contributed by atoms with van der Waals surface area (Å²) >= 11 is 6.30. The number of rotatable bonds is 8. The maximum atomic E-state index is 12.1. The lowest BCUT2D eigenvalue weighted by Gasteiger charge is -2.28. The number of carbonyl (C=O) groups is 1. The third-order valence-corrected chi connectivity index (χ3v) is 6.46. The van der Waals surface area contributed by atoms with E-state index in [9.17, 15) is 4.79 Å². The SMILES string of the molecule is Cc1nn(C2CCN(C)CC2)cc1Nc1ncc(Cl)c(NCCCN2CCOCCC2=O)n1. The van der Waals surface area contributed by atoms with Crippen molar-refractivity contribution in [3.63, 3.8) is 0 Å². The van der Waals surface area contributed by atoms with E-state index in [0.717, 1.165) is 43.7 Å². The van der Waals surface area contributed by atoms with Crippen LogP contribution in [-0.2, 0) is 9.53 Å². The number of hydrogen-bond acceptors (Lipinski definition) is 8. The first-order valence-corrected chi connectivity index (χ1v) is 12.0. The number of ether oxygens (including phenoxy) is 1. The molecule has 2 aromatic rings. The van der Waals surface area contributed by atoms with Crippen molar-refractivity contribution in [1.29, 1.82) is 0 Å². The third kappa shape index (κ3) is 6.33. The second-order valence-corrected chi connectivity index (χ2v) is 9.09. The van der Waals surface area contributed by atoms with Crippen LogP contribution in [0.5, 0.6) is 0 Å². The number of amides is 1. The van der Waals surface area contributed by atoms with Gasteiger partial charge in [0.1, 0.15) is 10.8 Å². The molecule has 2 aliphatic rings. The molecule has 0 aliphatic carbocycles. The van der Waals surface area contributed by atoms with E-state index in [-0.39, 0.29) is 5.91 Å². The number of nitrogens with zero attached hydrogens (tertiary/aromatic N) is 6. The van der Waals surface area contributed by atoms with Crippen LogP contribution >= 0.6 is 11.6 Å². The number of likely N-dealkylation sites (tertiary alicyclic amines) is 1. The monoisotopic (exact) mass is 476 g/mol. The highest BCUT2D eigenvalue weighted by Gasteiger charge is 2.20. The molecular formula is C22H33ClN8O2. The Labute approximate surface area is 199 Å². The molecular weight excluding hydrogens is 444 g/mol. The Morgan fingerprint density at radius 2 is 2.06 bits per heavy atom. The largest absolute Gasteiger partial charge is 0.379 e. The standard InChI is InChI=1S/C22H33ClN8O2/c1-16-19(15-31(28-16)17-4-9-29(2)10-5-17)26-22-25-14-18(23)21(27-22)24-7-3-8-30-11-13-33-12-6-20(30)32/h14-15,17H,3-13H2,1-2H3,(H2,24,25,26,27). The number of aryl methyl sites for hydroxylation is 1. The van der Waals surface area contributed by atoms with Gasteiger partial charge in [-0.25, -0.2) is 4.98 Å². The van der Waals surface area contributed by atoms with Gasteiger partial charge in [0.05, 0.1) is 43.3 Å². The normalized spacial score (nSPS) is 18.4. The Bertz CT molecular complexity index is 944. The fraction of sp³-hybridized carbons (Fsp3) is 0.636. The number of hydrogen-bond donors (Lipinski definition) is 2. The summed E-state index contributed by atoms with van der Waals surface area (Å²) in [6, 6.07) is 0.418. The van der Waals surface area contributed by atoms with Crippen LogP contribution in [-0.4, -0.2) is 88.4 Å². The van der Waals surface area contributed by atoms with Crippen molar-refractivity contribution in [2.24, 2.45) is 0 Å². The summed E-state index contributed by atoms with van der Waals surface area (Å²) in [4.78, 5) is 25.1. The van der Waals surface area contributed by atoms with Gasteiger partial charge in [0.15, 0.2) is 0 Å². The lowest BCUT2D eigenvalue weighted by molar-refractivity contribution is -0.130. The molecule has 0 atom stereocenters. The summed E-state index contributed by atoms with van der Waals surface area (Å²) in [5.74, 6) is 1.18. The van der Waals surface area contributed by atoms with Gasteiger partial charge >= 0.3 is 0 Å². The highest BCUT2D eigenvalue weighted by Crippen LogP contribution is 2.26. The second kappa shape index (κ2) is 11.1. The van der Waals surface area contributed by atoms with Crippen LogP contribution in [0.1, 0.15) is 37.4 Å². The Hall–Kier alpha value is -2.43. The van der Waals surface area contributed by atoms with E-state index in [2.05, 4.69) is 37.2 Å². The predicted octanol–water partition coefficient (Wildman–Crippen LogP) is 2.70. The van der Waals surface area contributed by atoms with Gasteiger partial charge in [0.2, 0.25) is 11.9 Å². The zero-order valence-electron chi connectivity index (χ0n) is 19.4. The first-order valence-electron chi connectivity index (χ1n) is 11.6. The van der Waals surface area contributed by atoms with Gasteiger partial charge in [-0.2, -0.15) is 10.1 Å². The minimum atomic E-state index is 0.148. The summed E-state index contributed by atoms with van der Waals surface area (Å²) in [6.07, 6.45) is 7.06. The smallest absolute Gasteiger partial charge is 0.229 e. The van der Waals surface area contributed by atoms with E-state index in [4.69, 9.17) is 21.4 Å². The van der Waals surface area contributed by atoms with Crippen molar-refractivity contribution in [3.8, 4) is 0 Å². The molecule has 0 spiro atoms. The zero-order valence-corrected chi connectivity index (χ0v) is 20.1. The third-order valence-electron chi connectivity index (χ3n) is 6.19. The van der Waals surface area contributed by atoms with E-state index < -0.39 is 0 Å². The molecule has 1 amide bonds. The first kappa shape index (κ1) is 23.7. The molecule has 2 aliphatic heterocycles. The fourth-order valence-corrected chi connectivity index (χ4v) is 4.31. The molecule has 180 valence electrons. The Kier molecular flexibility index (Phi) is 8.00. The van der Waals surface area contributed by atoms with Crippen molar-refractivity contribution in [2.75, 3.05) is 63.6 Å². The number of anilines is 3. The maximum Gasteiger partial charge on any atom is 0.229 e. The fourth-order valence-electron chi connectivity index (χ4n) is 4.15. The molecule has 33 heavy (non-hydrogen) atoms. The molecule has 4 rings (SSSR count). The molecule has 0 unspecified atom stereocenters. The molecule has 4 heterocycles. The van der Waals surface area contributed by atoms with Gasteiger partial charge in [0, 0.05) is 25.8 Å². The Morgan fingerprint density at radius 1 is 1.24 bits per heavy atom. The van der Waals surface area contributed by atoms with Gasteiger partial charge in [0.25, 0.3) is 0 Å². The number of carbonyl (C=O) groups excluding carboxylic acids is 1. The van der Waals surface area contributed by atoms with E-state index in [1.807, 2.05) is 18.0 Å². The molecule has 0 saturated carbocycles. The van der Waals surface area contributed by atoms with Crippen LogP contribution in [0.3, 0.4) is 0 Å². The highest BCUT2D eigenvalue weighted by molar-refractivity contribution is 6.32.